The Morgan fingerprint density at radius 2 is 2.21 bits per heavy atom. The second kappa shape index (κ2) is 7.65. The molecule has 2 aromatic heterocycles. The van der Waals surface area contributed by atoms with E-state index in [4.69, 9.17) is 0 Å². The molecule has 0 fully saturated rings. The number of hydrogen-bond acceptors (Lipinski definition) is 6. The molecule has 1 amide bonds. The largest absolute Gasteiger partial charge is 0.349 e. The average molecular weight is 347 g/mol. The van der Waals surface area contributed by atoms with Gasteiger partial charge in [-0.2, -0.15) is 5.10 Å². The van der Waals surface area contributed by atoms with E-state index in [9.17, 15) is 9.59 Å². The molecule has 0 aromatic carbocycles. The second-order valence-corrected chi connectivity index (χ2v) is 6.69. The maximum atomic E-state index is 12.2. The molecule has 0 saturated heterocycles. The molecule has 0 saturated carbocycles. The molecule has 0 spiro atoms. The van der Waals surface area contributed by atoms with Gasteiger partial charge in [-0.15, -0.1) is 5.10 Å². The van der Waals surface area contributed by atoms with Crippen LogP contribution in [0.5, 0.6) is 0 Å². The van der Waals surface area contributed by atoms with Gasteiger partial charge < -0.3 is 5.32 Å². The summed E-state index contributed by atoms with van der Waals surface area (Å²) >= 11 is 1.11. The van der Waals surface area contributed by atoms with Crippen molar-refractivity contribution in [1.29, 1.82) is 0 Å². The van der Waals surface area contributed by atoms with E-state index < -0.39 is 0 Å². The minimum Gasteiger partial charge on any atom is -0.349 e. The molecule has 0 unspecified atom stereocenters. The van der Waals surface area contributed by atoms with Gasteiger partial charge in [0.15, 0.2) is 0 Å². The number of nitrogens with one attached hydrogen (secondary N) is 1. The van der Waals surface area contributed by atoms with Gasteiger partial charge in [0.25, 0.3) is 11.5 Å². The fraction of sp³-hybridized carbons (Fsp3) is 0.562. The van der Waals surface area contributed by atoms with E-state index in [-0.39, 0.29) is 11.5 Å². The first kappa shape index (κ1) is 16.8. The Kier molecular flexibility index (Phi) is 5.34. The van der Waals surface area contributed by atoms with Crippen LogP contribution in [0.2, 0.25) is 0 Å². The summed E-state index contributed by atoms with van der Waals surface area (Å²) in [4.78, 5) is 24.9. The highest BCUT2D eigenvalue weighted by Crippen LogP contribution is 2.16. The van der Waals surface area contributed by atoms with Crippen LogP contribution >= 0.6 is 11.5 Å². The number of aryl methyl sites for hydroxylation is 3. The fourth-order valence-corrected chi connectivity index (χ4v) is 3.52. The van der Waals surface area contributed by atoms with E-state index in [1.165, 1.54) is 4.68 Å². The van der Waals surface area contributed by atoms with Gasteiger partial charge in [0, 0.05) is 12.6 Å². The summed E-state index contributed by atoms with van der Waals surface area (Å²) in [6.07, 6.45) is 5.76. The van der Waals surface area contributed by atoms with Crippen LogP contribution in [0.4, 0.5) is 0 Å². The number of rotatable bonds is 6. The number of nitrogens with zero attached hydrogens (tertiary/aromatic N) is 4. The van der Waals surface area contributed by atoms with Gasteiger partial charge in [0.2, 0.25) is 0 Å². The van der Waals surface area contributed by atoms with Crippen molar-refractivity contribution in [2.45, 2.75) is 52.0 Å². The summed E-state index contributed by atoms with van der Waals surface area (Å²) < 4.78 is 5.30. The van der Waals surface area contributed by atoms with Crippen molar-refractivity contribution < 1.29 is 4.79 Å². The van der Waals surface area contributed by atoms with Gasteiger partial charge in [0.05, 0.1) is 17.9 Å². The predicted octanol–water partition coefficient (Wildman–Crippen LogP) is 1.36. The smallest absolute Gasteiger partial charge is 0.267 e. The standard InChI is InChI=1S/C16H21N5O2S/c1-2-5-13-15(24-20-18-13)16(23)17-8-9-21-14(22)10-11-6-3-4-7-12(11)19-21/h10H,2-9H2,1H3,(H,17,23). The number of fused-ring (bicyclic) bond motifs is 1. The second-order valence-electron chi connectivity index (χ2n) is 5.94. The normalized spacial score (nSPS) is 13.5. The number of carbonyl (C=O) groups is 1. The molecular weight excluding hydrogens is 326 g/mol. The molecule has 1 aliphatic rings. The highest BCUT2D eigenvalue weighted by atomic mass is 32.1. The maximum absolute atomic E-state index is 12.2. The van der Waals surface area contributed by atoms with Crippen LogP contribution in [0.25, 0.3) is 0 Å². The van der Waals surface area contributed by atoms with Gasteiger partial charge in [-0.25, -0.2) is 4.68 Å². The minimum atomic E-state index is -0.181. The van der Waals surface area contributed by atoms with Gasteiger partial charge in [0.1, 0.15) is 4.88 Å². The Labute approximate surface area is 144 Å². The van der Waals surface area contributed by atoms with Crippen LogP contribution in [-0.4, -0.2) is 31.8 Å². The van der Waals surface area contributed by atoms with Gasteiger partial charge in [-0.05, 0) is 49.2 Å². The molecule has 0 bridgehead atoms. The number of hydrogen-bond donors (Lipinski definition) is 1. The molecule has 3 rings (SSSR count). The fourth-order valence-electron chi connectivity index (χ4n) is 2.90. The quantitative estimate of drug-likeness (QED) is 0.852. The molecule has 24 heavy (non-hydrogen) atoms. The van der Waals surface area contributed by atoms with Gasteiger partial charge in [-0.1, -0.05) is 17.8 Å². The third-order valence-corrected chi connectivity index (χ3v) is 4.90. The van der Waals surface area contributed by atoms with Crippen LogP contribution in [0.1, 0.15) is 52.8 Å². The van der Waals surface area contributed by atoms with E-state index in [1.54, 1.807) is 6.07 Å². The number of amides is 1. The molecule has 2 aromatic rings. The Morgan fingerprint density at radius 3 is 3.04 bits per heavy atom. The highest BCUT2D eigenvalue weighted by molar-refractivity contribution is 7.08. The topological polar surface area (TPSA) is 89.8 Å². The minimum absolute atomic E-state index is 0.101. The molecular formula is C16H21N5O2S. The van der Waals surface area contributed by atoms with Crippen LogP contribution in [0, 0.1) is 0 Å². The summed E-state index contributed by atoms with van der Waals surface area (Å²) in [5.74, 6) is -0.181. The Bertz CT molecular complexity index is 783. The maximum Gasteiger partial charge on any atom is 0.267 e. The third kappa shape index (κ3) is 3.69. The van der Waals surface area contributed by atoms with Crippen molar-refractivity contribution in [3.63, 3.8) is 0 Å². The first-order valence-electron chi connectivity index (χ1n) is 8.38. The van der Waals surface area contributed by atoms with Crippen molar-refractivity contribution in [2.24, 2.45) is 0 Å². The zero-order valence-electron chi connectivity index (χ0n) is 13.7. The zero-order chi connectivity index (χ0) is 16.9. The molecule has 7 nitrogen and oxygen atoms in total. The lowest BCUT2D eigenvalue weighted by atomic mass is 9.97. The van der Waals surface area contributed by atoms with Crippen molar-refractivity contribution in [3.05, 3.63) is 38.2 Å². The molecule has 1 N–H and O–H groups in total. The molecule has 8 heteroatoms. The van der Waals surface area contributed by atoms with Crippen LogP contribution in [0.3, 0.4) is 0 Å². The summed E-state index contributed by atoms with van der Waals surface area (Å²) in [7, 11) is 0. The third-order valence-electron chi connectivity index (χ3n) is 4.13. The molecule has 128 valence electrons. The summed E-state index contributed by atoms with van der Waals surface area (Å²) in [6.45, 7) is 2.76. The zero-order valence-corrected chi connectivity index (χ0v) is 14.6. The van der Waals surface area contributed by atoms with Gasteiger partial charge in [-0.3, -0.25) is 9.59 Å². The van der Waals surface area contributed by atoms with E-state index in [0.29, 0.717) is 18.0 Å². The lowest BCUT2D eigenvalue weighted by Crippen LogP contribution is -2.33. The van der Waals surface area contributed by atoms with E-state index in [1.807, 2.05) is 6.92 Å². The van der Waals surface area contributed by atoms with Crippen molar-refractivity contribution >= 4 is 17.4 Å². The van der Waals surface area contributed by atoms with E-state index >= 15 is 0 Å². The van der Waals surface area contributed by atoms with E-state index in [2.05, 4.69) is 20.0 Å². The molecule has 0 atom stereocenters. The van der Waals surface area contributed by atoms with Crippen LogP contribution in [0.15, 0.2) is 10.9 Å². The molecule has 0 aliphatic heterocycles. The van der Waals surface area contributed by atoms with E-state index in [0.717, 1.165) is 67.0 Å². The molecule has 2 heterocycles. The SMILES string of the molecule is CCCc1nnsc1C(=O)NCCn1nc2c(cc1=O)CCCC2. The number of carbonyl (C=O) groups excluding carboxylic acids is 1. The first-order chi connectivity index (χ1) is 11.7. The Balaban J connectivity index is 1.61. The number of aromatic nitrogens is 4. The lowest BCUT2D eigenvalue weighted by Gasteiger charge is -2.15. The summed E-state index contributed by atoms with van der Waals surface area (Å²) in [5.41, 5.74) is 2.73. The Morgan fingerprint density at radius 1 is 1.38 bits per heavy atom. The van der Waals surface area contributed by atoms with Crippen LogP contribution < -0.4 is 10.9 Å². The first-order valence-corrected chi connectivity index (χ1v) is 9.15. The average Bonchev–Trinajstić information content (AvgIpc) is 3.04. The van der Waals surface area contributed by atoms with Crippen molar-refractivity contribution in [1.82, 2.24) is 24.7 Å². The Hall–Kier alpha value is -2.09. The van der Waals surface area contributed by atoms with Crippen molar-refractivity contribution in [2.75, 3.05) is 6.54 Å². The van der Waals surface area contributed by atoms with Gasteiger partial charge >= 0.3 is 0 Å². The highest BCUT2D eigenvalue weighted by Gasteiger charge is 2.16. The molecule has 0 radical (unpaired) electrons. The monoisotopic (exact) mass is 347 g/mol. The summed E-state index contributed by atoms with van der Waals surface area (Å²) in [5, 5.41) is 11.3. The lowest BCUT2D eigenvalue weighted by molar-refractivity contribution is 0.0954. The predicted molar refractivity (Wildman–Crippen MR) is 91.4 cm³/mol. The summed E-state index contributed by atoms with van der Waals surface area (Å²) in [6, 6.07) is 1.69. The van der Waals surface area contributed by atoms with Crippen LogP contribution in [-0.2, 0) is 25.8 Å². The molecule has 1 aliphatic carbocycles. The van der Waals surface area contributed by atoms with Crippen molar-refractivity contribution in [3.8, 4) is 0 Å².